The Kier molecular flexibility index (Phi) is 6.18. The zero-order valence-electron chi connectivity index (χ0n) is 16.0. The number of anilines is 1. The second-order valence-corrected chi connectivity index (χ2v) is 8.27. The molecule has 0 bridgehead atoms. The van der Waals surface area contributed by atoms with E-state index in [1.54, 1.807) is 19.2 Å². The Hall–Kier alpha value is -2.28. The Bertz CT molecular complexity index is 1110. The highest BCUT2D eigenvalue weighted by molar-refractivity contribution is 7.09. The van der Waals surface area contributed by atoms with Gasteiger partial charge in [-0.3, -0.25) is 0 Å². The number of rotatable bonds is 4. The van der Waals surface area contributed by atoms with E-state index in [1.165, 1.54) is 11.5 Å². The van der Waals surface area contributed by atoms with E-state index in [4.69, 9.17) is 33.0 Å². The van der Waals surface area contributed by atoms with Crippen LogP contribution in [0.5, 0.6) is 0 Å². The molecule has 1 aliphatic heterocycles. The van der Waals surface area contributed by atoms with Crippen molar-refractivity contribution in [1.82, 2.24) is 19.6 Å². The van der Waals surface area contributed by atoms with Crippen molar-refractivity contribution in [3.63, 3.8) is 0 Å². The fraction of sp³-hybridized carbons (Fsp3) is 0.300. The second kappa shape index (κ2) is 8.84. The van der Waals surface area contributed by atoms with E-state index in [-0.39, 0.29) is 6.61 Å². The molecule has 10 heteroatoms. The molecule has 0 radical (unpaired) electrons. The van der Waals surface area contributed by atoms with Gasteiger partial charge in [-0.05, 0) is 41.9 Å². The van der Waals surface area contributed by atoms with Gasteiger partial charge in [0.15, 0.2) is 16.6 Å². The van der Waals surface area contributed by atoms with Crippen molar-refractivity contribution in [1.29, 1.82) is 0 Å². The monoisotopic (exact) mass is 461 g/mol. The van der Waals surface area contributed by atoms with Gasteiger partial charge in [0, 0.05) is 25.6 Å². The average molecular weight is 462 g/mol. The van der Waals surface area contributed by atoms with Crippen LogP contribution in [0.4, 0.5) is 5.82 Å². The maximum absolute atomic E-state index is 9.10. The lowest BCUT2D eigenvalue weighted by atomic mass is 10.0. The van der Waals surface area contributed by atoms with Crippen molar-refractivity contribution in [2.45, 2.75) is 18.6 Å². The van der Waals surface area contributed by atoms with Crippen molar-refractivity contribution >= 4 is 40.6 Å². The molecule has 1 aliphatic rings. The molecule has 7 nitrogen and oxygen atoms in total. The summed E-state index contributed by atoms with van der Waals surface area (Å²) in [6.45, 7) is 1.11. The summed E-state index contributed by atoms with van der Waals surface area (Å²) in [6.07, 6.45) is 0.734. The first kappa shape index (κ1) is 21.0. The Morgan fingerprint density at radius 1 is 1.23 bits per heavy atom. The van der Waals surface area contributed by atoms with Crippen LogP contribution in [-0.2, 0) is 11.3 Å². The van der Waals surface area contributed by atoms with Crippen molar-refractivity contribution in [2.75, 3.05) is 25.1 Å². The van der Waals surface area contributed by atoms with Crippen LogP contribution in [0.1, 0.15) is 17.8 Å². The summed E-state index contributed by atoms with van der Waals surface area (Å²) in [4.78, 5) is 6.30. The van der Waals surface area contributed by atoms with Gasteiger partial charge in [-0.1, -0.05) is 35.0 Å². The number of benzene rings is 1. The topological polar surface area (TPSA) is 84.3 Å². The lowest BCUT2D eigenvalue weighted by Gasteiger charge is -2.22. The van der Waals surface area contributed by atoms with E-state index in [0.717, 1.165) is 24.3 Å². The molecule has 30 heavy (non-hydrogen) atoms. The van der Waals surface area contributed by atoms with E-state index in [0.29, 0.717) is 33.1 Å². The summed E-state index contributed by atoms with van der Waals surface area (Å²) in [6, 6.07) is 9.04. The van der Waals surface area contributed by atoms with Gasteiger partial charge >= 0.3 is 0 Å². The average Bonchev–Trinajstić information content (AvgIpc) is 3.43. The first-order valence-electron chi connectivity index (χ1n) is 9.08. The zero-order valence-corrected chi connectivity index (χ0v) is 18.3. The minimum Gasteiger partial charge on any atom is -0.388 e. The van der Waals surface area contributed by atoms with Crippen LogP contribution in [0.3, 0.4) is 0 Å². The van der Waals surface area contributed by atoms with Crippen molar-refractivity contribution in [3.05, 3.63) is 51.8 Å². The zero-order chi connectivity index (χ0) is 21.1. The highest BCUT2D eigenvalue weighted by Crippen LogP contribution is 2.29. The summed E-state index contributed by atoms with van der Waals surface area (Å²) in [5.41, 5.74) is 0.789. The first-order valence-corrected chi connectivity index (χ1v) is 10.6. The summed E-state index contributed by atoms with van der Waals surface area (Å²) < 4.78 is 9.82. The number of nitrogens with zero attached hydrogens (tertiary/aromatic N) is 5. The van der Waals surface area contributed by atoms with E-state index >= 15 is 0 Å². The molecule has 0 saturated carbocycles. The van der Waals surface area contributed by atoms with Crippen LogP contribution < -0.4 is 4.90 Å². The SMILES string of the molecule is COC1(C#Cc2ccc(Cl)c(Cl)c2)CCN(c2ccc(-c3nc(CO)ns3)nn2)C1. The molecule has 0 spiro atoms. The Morgan fingerprint density at radius 3 is 2.77 bits per heavy atom. The van der Waals surface area contributed by atoms with Crippen LogP contribution in [0.25, 0.3) is 10.7 Å². The quantitative estimate of drug-likeness (QED) is 0.595. The molecular weight excluding hydrogens is 445 g/mol. The largest absolute Gasteiger partial charge is 0.388 e. The number of aliphatic hydroxyl groups excluding tert-OH is 1. The van der Waals surface area contributed by atoms with Gasteiger partial charge in [0.2, 0.25) is 0 Å². The molecule has 3 aromatic rings. The number of aliphatic hydroxyl groups is 1. The Morgan fingerprint density at radius 2 is 2.10 bits per heavy atom. The second-order valence-electron chi connectivity index (χ2n) is 6.70. The molecule has 3 heterocycles. The molecule has 0 aliphatic carbocycles. The van der Waals surface area contributed by atoms with E-state index in [2.05, 4.69) is 36.3 Å². The number of hydrogen-bond acceptors (Lipinski definition) is 8. The third kappa shape index (κ3) is 4.41. The molecule has 1 atom stereocenters. The van der Waals surface area contributed by atoms with Gasteiger partial charge in [0.05, 0.1) is 16.6 Å². The normalized spacial score (nSPS) is 18.3. The molecule has 4 rings (SSSR count). The Balaban J connectivity index is 1.49. The van der Waals surface area contributed by atoms with Crippen molar-refractivity contribution < 1.29 is 9.84 Å². The number of ether oxygens (including phenoxy) is 1. The van der Waals surface area contributed by atoms with Crippen molar-refractivity contribution in [3.8, 4) is 22.5 Å². The molecular formula is C20H17Cl2N5O2S. The van der Waals surface area contributed by atoms with Gasteiger partial charge < -0.3 is 14.7 Å². The standard InChI is InChI=1S/C20H17Cl2N5O2S/c1-29-20(7-6-13-2-3-14(21)15(22)10-13)8-9-27(12-20)18-5-4-16(24-25-18)19-23-17(11-28)26-30-19/h2-5,10,28H,8-9,11-12H2,1H3. The summed E-state index contributed by atoms with van der Waals surface area (Å²) in [5.74, 6) is 7.51. The smallest absolute Gasteiger partial charge is 0.168 e. The minimum atomic E-state index is -0.609. The molecule has 154 valence electrons. The molecule has 1 saturated heterocycles. The Labute approximate surface area is 187 Å². The third-order valence-electron chi connectivity index (χ3n) is 4.78. The maximum Gasteiger partial charge on any atom is 0.168 e. The molecule has 2 aromatic heterocycles. The third-order valence-corrected chi connectivity index (χ3v) is 6.29. The number of methoxy groups -OCH3 is 1. The van der Waals surface area contributed by atoms with Crippen LogP contribution in [0.2, 0.25) is 10.0 Å². The van der Waals surface area contributed by atoms with Gasteiger partial charge in [-0.2, -0.15) is 4.37 Å². The highest BCUT2D eigenvalue weighted by Gasteiger charge is 2.37. The van der Waals surface area contributed by atoms with Gasteiger partial charge in [0.25, 0.3) is 0 Å². The van der Waals surface area contributed by atoms with Crippen molar-refractivity contribution in [2.24, 2.45) is 0 Å². The van der Waals surface area contributed by atoms with Crippen LogP contribution in [-0.4, -0.2) is 50.5 Å². The molecule has 1 aromatic carbocycles. The summed E-state index contributed by atoms with van der Waals surface area (Å²) in [7, 11) is 1.66. The van der Waals surface area contributed by atoms with Gasteiger partial charge in [-0.25, -0.2) is 4.98 Å². The summed E-state index contributed by atoms with van der Waals surface area (Å²) >= 11 is 13.2. The highest BCUT2D eigenvalue weighted by atomic mass is 35.5. The van der Waals surface area contributed by atoms with E-state index in [1.807, 2.05) is 18.2 Å². The predicted molar refractivity (Wildman–Crippen MR) is 117 cm³/mol. The molecule has 0 amide bonds. The summed E-state index contributed by atoms with van der Waals surface area (Å²) in [5, 5.41) is 19.3. The van der Waals surface area contributed by atoms with Gasteiger partial charge in [-0.15, -0.1) is 10.2 Å². The predicted octanol–water partition coefficient (Wildman–Crippen LogP) is 3.44. The number of hydrogen-bond donors (Lipinski definition) is 1. The molecule has 1 N–H and O–H groups in total. The van der Waals surface area contributed by atoms with Gasteiger partial charge in [0.1, 0.15) is 17.9 Å². The van der Waals surface area contributed by atoms with Crippen LogP contribution >= 0.6 is 34.7 Å². The number of halogens is 2. The fourth-order valence-corrected chi connectivity index (χ4v) is 4.02. The van der Waals surface area contributed by atoms with Crippen LogP contribution in [0.15, 0.2) is 30.3 Å². The van der Waals surface area contributed by atoms with E-state index in [9.17, 15) is 0 Å². The lowest BCUT2D eigenvalue weighted by Crippen LogP contribution is -2.34. The van der Waals surface area contributed by atoms with Crippen LogP contribution in [0, 0.1) is 11.8 Å². The molecule has 1 fully saturated rings. The maximum atomic E-state index is 9.10. The number of aromatic nitrogens is 4. The first-order chi connectivity index (χ1) is 14.5. The minimum absolute atomic E-state index is 0.196. The lowest BCUT2D eigenvalue weighted by molar-refractivity contribution is 0.0602. The van der Waals surface area contributed by atoms with E-state index < -0.39 is 5.60 Å². The fourth-order valence-electron chi connectivity index (χ4n) is 3.09. The molecule has 1 unspecified atom stereocenters.